The summed E-state index contributed by atoms with van der Waals surface area (Å²) in [6, 6.07) is 19.3. The summed E-state index contributed by atoms with van der Waals surface area (Å²) in [5.41, 5.74) is 5.11. The summed E-state index contributed by atoms with van der Waals surface area (Å²) < 4.78 is 5.62. The Morgan fingerprint density at radius 2 is 1.57 bits per heavy atom. The van der Waals surface area contributed by atoms with Gasteiger partial charge in [0.1, 0.15) is 5.75 Å². The van der Waals surface area contributed by atoms with E-state index in [1.165, 1.54) is 33.0 Å². The molecule has 0 aromatic heterocycles. The highest BCUT2D eigenvalue weighted by Gasteiger charge is 2.13. The number of hydrogen-bond acceptors (Lipinski definition) is 1. The number of fused-ring (bicyclic) bond motifs is 1. The zero-order valence-electron chi connectivity index (χ0n) is 12.8. The predicted molar refractivity (Wildman–Crippen MR) is 90.1 cm³/mol. The second kappa shape index (κ2) is 5.61. The minimum Gasteiger partial charge on any atom is -0.496 e. The van der Waals surface area contributed by atoms with Gasteiger partial charge in [0.05, 0.1) is 7.11 Å². The third-order valence-corrected chi connectivity index (χ3v) is 4.12. The van der Waals surface area contributed by atoms with E-state index in [1.54, 1.807) is 7.11 Å². The number of ether oxygens (including phenoxy) is 1. The van der Waals surface area contributed by atoms with Crippen LogP contribution in [0.15, 0.2) is 54.6 Å². The van der Waals surface area contributed by atoms with E-state index in [1.807, 2.05) is 6.07 Å². The van der Waals surface area contributed by atoms with E-state index in [2.05, 4.69) is 62.4 Å². The van der Waals surface area contributed by atoms with Gasteiger partial charge in [0.25, 0.3) is 0 Å². The number of methoxy groups -OCH3 is 1. The Bertz CT molecular complexity index is 765. The summed E-state index contributed by atoms with van der Waals surface area (Å²) >= 11 is 0. The van der Waals surface area contributed by atoms with E-state index in [9.17, 15) is 0 Å². The van der Waals surface area contributed by atoms with Crippen molar-refractivity contribution in [2.75, 3.05) is 7.11 Å². The van der Waals surface area contributed by atoms with Crippen LogP contribution in [0.4, 0.5) is 0 Å². The van der Waals surface area contributed by atoms with Crippen LogP contribution >= 0.6 is 0 Å². The van der Waals surface area contributed by atoms with Crippen LogP contribution < -0.4 is 4.74 Å². The average Bonchev–Trinajstić information content (AvgIpc) is 2.54. The first-order valence-electron chi connectivity index (χ1n) is 7.41. The Morgan fingerprint density at radius 3 is 2.33 bits per heavy atom. The standard InChI is InChI=1S/C20H20O/c1-4-15-9-6-13-19(21-3)20(15)18-12-7-10-16-14(2)8-5-11-17(16)18/h5-13H,4H2,1-3H3. The van der Waals surface area contributed by atoms with Gasteiger partial charge in [-0.3, -0.25) is 0 Å². The van der Waals surface area contributed by atoms with Crippen LogP contribution in [0.5, 0.6) is 5.75 Å². The maximum Gasteiger partial charge on any atom is 0.126 e. The van der Waals surface area contributed by atoms with Gasteiger partial charge in [-0.15, -0.1) is 0 Å². The molecule has 0 radical (unpaired) electrons. The summed E-state index contributed by atoms with van der Waals surface area (Å²) in [7, 11) is 1.74. The topological polar surface area (TPSA) is 9.23 Å². The molecule has 0 fully saturated rings. The molecule has 1 nitrogen and oxygen atoms in total. The first-order chi connectivity index (χ1) is 10.3. The molecule has 3 rings (SSSR count). The highest BCUT2D eigenvalue weighted by molar-refractivity contribution is 6.00. The predicted octanol–water partition coefficient (Wildman–Crippen LogP) is 5.39. The zero-order chi connectivity index (χ0) is 14.8. The maximum atomic E-state index is 5.62. The molecule has 0 N–H and O–H groups in total. The molecule has 0 bridgehead atoms. The molecule has 0 saturated carbocycles. The summed E-state index contributed by atoms with van der Waals surface area (Å²) in [5.74, 6) is 0.948. The molecule has 0 saturated heterocycles. The van der Waals surface area contributed by atoms with Gasteiger partial charge in [-0.05, 0) is 46.9 Å². The molecule has 0 aliphatic heterocycles. The molecule has 0 aliphatic rings. The molecule has 3 aromatic rings. The van der Waals surface area contributed by atoms with Crippen molar-refractivity contribution in [3.05, 3.63) is 65.7 Å². The average molecular weight is 276 g/mol. The van der Waals surface area contributed by atoms with Gasteiger partial charge in [0.2, 0.25) is 0 Å². The Balaban J connectivity index is 2.38. The fourth-order valence-corrected chi connectivity index (χ4v) is 3.03. The number of aryl methyl sites for hydroxylation is 2. The van der Waals surface area contributed by atoms with Gasteiger partial charge >= 0.3 is 0 Å². The van der Waals surface area contributed by atoms with Gasteiger partial charge in [-0.2, -0.15) is 0 Å². The quantitative estimate of drug-likeness (QED) is 0.623. The molecule has 0 amide bonds. The van der Waals surface area contributed by atoms with Crippen molar-refractivity contribution in [1.29, 1.82) is 0 Å². The van der Waals surface area contributed by atoms with Gasteiger partial charge in [-0.1, -0.05) is 55.5 Å². The smallest absolute Gasteiger partial charge is 0.126 e. The van der Waals surface area contributed by atoms with E-state index in [-0.39, 0.29) is 0 Å². The van der Waals surface area contributed by atoms with Crippen LogP contribution in [-0.4, -0.2) is 7.11 Å². The first kappa shape index (κ1) is 13.7. The van der Waals surface area contributed by atoms with Crippen LogP contribution in [0.1, 0.15) is 18.1 Å². The minimum absolute atomic E-state index is 0.948. The summed E-state index contributed by atoms with van der Waals surface area (Å²) in [6.45, 7) is 4.35. The third kappa shape index (κ3) is 2.29. The number of rotatable bonds is 3. The van der Waals surface area contributed by atoms with E-state index < -0.39 is 0 Å². The molecule has 1 heteroatoms. The van der Waals surface area contributed by atoms with Crippen molar-refractivity contribution in [3.63, 3.8) is 0 Å². The second-order valence-corrected chi connectivity index (χ2v) is 5.32. The Labute approximate surface area is 126 Å². The lowest BCUT2D eigenvalue weighted by atomic mass is 9.91. The van der Waals surface area contributed by atoms with Crippen molar-refractivity contribution >= 4 is 10.8 Å². The Hall–Kier alpha value is -2.28. The van der Waals surface area contributed by atoms with Crippen LogP contribution in [0.25, 0.3) is 21.9 Å². The lowest BCUT2D eigenvalue weighted by Gasteiger charge is -2.16. The van der Waals surface area contributed by atoms with Crippen molar-refractivity contribution in [1.82, 2.24) is 0 Å². The van der Waals surface area contributed by atoms with Crippen molar-refractivity contribution in [3.8, 4) is 16.9 Å². The molecular formula is C20H20O. The van der Waals surface area contributed by atoms with Gasteiger partial charge < -0.3 is 4.74 Å². The number of benzene rings is 3. The second-order valence-electron chi connectivity index (χ2n) is 5.32. The fourth-order valence-electron chi connectivity index (χ4n) is 3.03. The van der Waals surface area contributed by atoms with Gasteiger partial charge in [0.15, 0.2) is 0 Å². The molecule has 21 heavy (non-hydrogen) atoms. The van der Waals surface area contributed by atoms with Crippen LogP contribution in [-0.2, 0) is 6.42 Å². The summed E-state index contributed by atoms with van der Waals surface area (Å²) in [4.78, 5) is 0. The van der Waals surface area contributed by atoms with Crippen molar-refractivity contribution in [2.45, 2.75) is 20.3 Å². The highest BCUT2D eigenvalue weighted by atomic mass is 16.5. The van der Waals surface area contributed by atoms with Gasteiger partial charge in [-0.25, -0.2) is 0 Å². The monoisotopic (exact) mass is 276 g/mol. The lowest BCUT2D eigenvalue weighted by molar-refractivity contribution is 0.416. The fraction of sp³-hybridized carbons (Fsp3) is 0.200. The van der Waals surface area contributed by atoms with Crippen molar-refractivity contribution in [2.24, 2.45) is 0 Å². The molecule has 106 valence electrons. The van der Waals surface area contributed by atoms with Gasteiger partial charge in [0, 0.05) is 5.56 Å². The molecule has 0 heterocycles. The molecule has 0 aliphatic carbocycles. The Kier molecular flexibility index (Phi) is 3.66. The van der Waals surface area contributed by atoms with Crippen LogP contribution in [0.3, 0.4) is 0 Å². The third-order valence-electron chi connectivity index (χ3n) is 4.12. The van der Waals surface area contributed by atoms with E-state index in [0.29, 0.717) is 0 Å². The minimum atomic E-state index is 0.948. The lowest BCUT2D eigenvalue weighted by Crippen LogP contribution is -1.94. The Morgan fingerprint density at radius 1 is 0.857 bits per heavy atom. The molecule has 0 unspecified atom stereocenters. The maximum absolute atomic E-state index is 5.62. The van der Waals surface area contributed by atoms with E-state index >= 15 is 0 Å². The van der Waals surface area contributed by atoms with E-state index in [0.717, 1.165) is 12.2 Å². The first-order valence-corrected chi connectivity index (χ1v) is 7.41. The molecule has 0 atom stereocenters. The summed E-state index contributed by atoms with van der Waals surface area (Å²) in [6.07, 6.45) is 0.995. The largest absolute Gasteiger partial charge is 0.496 e. The number of hydrogen-bond donors (Lipinski definition) is 0. The molecule has 0 spiro atoms. The van der Waals surface area contributed by atoms with Crippen LogP contribution in [0.2, 0.25) is 0 Å². The summed E-state index contributed by atoms with van der Waals surface area (Å²) in [5, 5.41) is 2.60. The molecule has 3 aromatic carbocycles. The zero-order valence-corrected chi connectivity index (χ0v) is 12.8. The SMILES string of the molecule is CCc1cccc(OC)c1-c1cccc2c(C)cccc12. The van der Waals surface area contributed by atoms with Crippen molar-refractivity contribution < 1.29 is 4.74 Å². The molecular weight excluding hydrogens is 256 g/mol. The highest BCUT2D eigenvalue weighted by Crippen LogP contribution is 2.38. The normalized spacial score (nSPS) is 10.8. The van der Waals surface area contributed by atoms with E-state index in [4.69, 9.17) is 4.74 Å². The van der Waals surface area contributed by atoms with Crippen LogP contribution in [0, 0.1) is 6.92 Å².